The molecule has 0 aliphatic rings. The zero-order valence-corrected chi connectivity index (χ0v) is 13.9. The monoisotopic (exact) mass is 313 g/mol. The van der Waals surface area contributed by atoms with Crippen molar-refractivity contribution >= 4 is 22.5 Å². The highest BCUT2D eigenvalue weighted by atomic mass is 35.5. The second-order valence-corrected chi connectivity index (χ2v) is 6.35. The van der Waals surface area contributed by atoms with Crippen molar-refractivity contribution in [2.45, 2.75) is 33.4 Å². The Labute approximate surface area is 136 Å². The maximum absolute atomic E-state index is 6.15. The van der Waals surface area contributed by atoms with Gasteiger partial charge < -0.3 is 9.30 Å². The van der Waals surface area contributed by atoms with E-state index in [1.807, 2.05) is 24.3 Å². The number of rotatable bonds is 4. The van der Waals surface area contributed by atoms with Crippen molar-refractivity contribution in [3.05, 3.63) is 64.8 Å². The summed E-state index contributed by atoms with van der Waals surface area (Å²) >= 11 is 6.15. The van der Waals surface area contributed by atoms with Crippen LogP contribution in [-0.4, -0.2) is 4.57 Å². The topological polar surface area (TPSA) is 14.2 Å². The molecule has 0 radical (unpaired) electrons. The lowest BCUT2D eigenvalue weighted by Gasteiger charge is -2.08. The molecule has 2 nitrogen and oxygen atoms in total. The third-order valence-corrected chi connectivity index (χ3v) is 4.09. The van der Waals surface area contributed by atoms with Crippen LogP contribution in [0.1, 0.15) is 31.0 Å². The SMILES string of the molecule is Cc1ccc(OCc2cn(C(C)C)c3cc(Cl)ccc23)cc1. The molecular formula is C19H20ClNO. The maximum atomic E-state index is 6.15. The Kier molecular flexibility index (Phi) is 4.12. The van der Waals surface area contributed by atoms with Gasteiger partial charge in [-0.15, -0.1) is 0 Å². The van der Waals surface area contributed by atoms with Gasteiger partial charge in [-0.3, -0.25) is 0 Å². The van der Waals surface area contributed by atoms with Crippen molar-refractivity contribution in [3.63, 3.8) is 0 Å². The number of benzene rings is 2. The second kappa shape index (κ2) is 6.05. The average Bonchev–Trinajstić information content (AvgIpc) is 2.85. The van der Waals surface area contributed by atoms with Crippen LogP contribution in [0, 0.1) is 6.92 Å². The van der Waals surface area contributed by atoms with E-state index in [0.717, 1.165) is 16.3 Å². The molecule has 0 unspecified atom stereocenters. The molecule has 3 rings (SSSR count). The zero-order chi connectivity index (χ0) is 15.7. The predicted molar refractivity (Wildman–Crippen MR) is 92.8 cm³/mol. The fraction of sp³-hybridized carbons (Fsp3) is 0.263. The lowest BCUT2D eigenvalue weighted by Crippen LogP contribution is -1.98. The Morgan fingerprint density at radius 1 is 1.09 bits per heavy atom. The van der Waals surface area contributed by atoms with E-state index in [0.29, 0.717) is 12.6 Å². The standard InChI is InChI=1S/C19H20ClNO/c1-13(2)21-11-15(18-9-6-16(20)10-19(18)21)12-22-17-7-4-14(3)5-8-17/h4-11,13H,12H2,1-3H3. The lowest BCUT2D eigenvalue weighted by molar-refractivity contribution is 0.307. The van der Waals surface area contributed by atoms with Gasteiger partial charge in [-0.2, -0.15) is 0 Å². The molecule has 3 heteroatoms. The summed E-state index contributed by atoms with van der Waals surface area (Å²) < 4.78 is 8.18. The smallest absolute Gasteiger partial charge is 0.119 e. The second-order valence-electron chi connectivity index (χ2n) is 5.92. The van der Waals surface area contributed by atoms with Gasteiger partial charge in [0.15, 0.2) is 0 Å². The number of halogens is 1. The van der Waals surface area contributed by atoms with Gasteiger partial charge in [-0.05, 0) is 45.0 Å². The van der Waals surface area contributed by atoms with E-state index < -0.39 is 0 Å². The van der Waals surface area contributed by atoms with Crippen LogP contribution in [0.25, 0.3) is 10.9 Å². The molecule has 0 atom stereocenters. The van der Waals surface area contributed by atoms with Crippen LogP contribution in [0.15, 0.2) is 48.7 Å². The van der Waals surface area contributed by atoms with Crippen LogP contribution in [0.5, 0.6) is 5.75 Å². The molecule has 3 aromatic rings. The fourth-order valence-electron chi connectivity index (χ4n) is 2.63. The minimum atomic E-state index is 0.383. The van der Waals surface area contributed by atoms with Gasteiger partial charge in [0.2, 0.25) is 0 Å². The van der Waals surface area contributed by atoms with E-state index in [4.69, 9.17) is 16.3 Å². The summed E-state index contributed by atoms with van der Waals surface area (Å²) in [6, 6.07) is 14.6. The first kappa shape index (κ1) is 15.0. The molecule has 2 aromatic carbocycles. The third kappa shape index (κ3) is 2.97. The van der Waals surface area contributed by atoms with Crippen molar-refractivity contribution in [1.29, 1.82) is 0 Å². The zero-order valence-electron chi connectivity index (χ0n) is 13.1. The molecule has 0 amide bonds. The van der Waals surface area contributed by atoms with Gasteiger partial charge in [0.05, 0.1) is 5.52 Å². The molecule has 0 saturated carbocycles. The number of nitrogens with zero attached hydrogens (tertiary/aromatic N) is 1. The molecule has 0 fully saturated rings. The van der Waals surface area contributed by atoms with Crippen molar-refractivity contribution in [1.82, 2.24) is 4.57 Å². The number of hydrogen-bond acceptors (Lipinski definition) is 1. The highest BCUT2D eigenvalue weighted by Crippen LogP contribution is 2.28. The molecule has 1 aromatic heterocycles. The Bertz CT molecular complexity index is 787. The summed E-state index contributed by atoms with van der Waals surface area (Å²) in [6.45, 7) is 6.97. The van der Waals surface area contributed by atoms with Crippen LogP contribution in [0.3, 0.4) is 0 Å². The summed E-state index contributed by atoms with van der Waals surface area (Å²) in [5.74, 6) is 0.894. The van der Waals surface area contributed by atoms with Crippen LogP contribution in [-0.2, 0) is 6.61 Å². The first-order valence-electron chi connectivity index (χ1n) is 7.53. The average molecular weight is 314 g/mol. The van der Waals surface area contributed by atoms with E-state index in [-0.39, 0.29) is 0 Å². The molecular weight excluding hydrogens is 294 g/mol. The number of ether oxygens (including phenoxy) is 1. The van der Waals surface area contributed by atoms with Crippen molar-refractivity contribution in [3.8, 4) is 5.75 Å². The van der Waals surface area contributed by atoms with E-state index >= 15 is 0 Å². The van der Waals surface area contributed by atoms with Gasteiger partial charge in [-0.25, -0.2) is 0 Å². The summed E-state index contributed by atoms with van der Waals surface area (Å²) in [7, 11) is 0. The maximum Gasteiger partial charge on any atom is 0.119 e. The molecule has 0 aliphatic carbocycles. The van der Waals surface area contributed by atoms with Gasteiger partial charge in [0.25, 0.3) is 0 Å². The quantitative estimate of drug-likeness (QED) is 0.597. The van der Waals surface area contributed by atoms with Crippen molar-refractivity contribution in [2.75, 3.05) is 0 Å². The molecule has 0 aliphatic heterocycles. The molecule has 22 heavy (non-hydrogen) atoms. The number of hydrogen-bond donors (Lipinski definition) is 0. The van der Waals surface area contributed by atoms with Gasteiger partial charge in [0.1, 0.15) is 12.4 Å². The third-order valence-electron chi connectivity index (χ3n) is 3.85. The van der Waals surface area contributed by atoms with E-state index in [1.54, 1.807) is 0 Å². The van der Waals surface area contributed by atoms with Crippen LogP contribution in [0.4, 0.5) is 0 Å². The Hall–Kier alpha value is -1.93. The number of aromatic nitrogens is 1. The van der Waals surface area contributed by atoms with E-state index in [2.05, 4.69) is 49.7 Å². The molecule has 0 bridgehead atoms. The van der Waals surface area contributed by atoms with Crippen LogP contribution >= 0.6 is 11.6 Å². The fourth-order valence-corrected chi connectivity index (χ4v) is 2.80. The van der Waals surface area contributed by atoms with Gasteiger partial charge in [-0.1, -0.05) is 35.4 Å². The predicted octanol–water partition coefficient (Wildman–Crippen LogP) is 5.76. The summed E-state index contributed by atoms with van der Waals surface area (Å²) in [4.78, 5) is 0. The first-order valence-corrected chi connectivity index (χ1v) is 7.91. The van der Waals surface area contributed by atoms with Gasteiger partial charge in [0, 0.05) is 28.2 Å². The van der Waals surface area contributed by atoms with Crippen LogP contribution < -0.4 is 4.74 Å². The summed E-state index contributed by atoms with van der Waals surface area (Å²) in [5.41, 5.74) is 3.57. The lowest BCUT2D eigenvalue weighted by atomic mass is 10.2. The highest BCUT2D eigenvalue weighted by molar-refractivity contribution is 6.31. The molecule has 0 saturated heterocycles. The normalized spacial score (nSPS) is 11.3. The van der Waals surface area contributed by atoms with Crippen molar-refractivity contribution in [2.24, 2.45) is 0 Å². The molecule has 114 valence electrons. The summed E-state index contributed by atoms with van der Waals surface area (Å²) in [6.07, 6.45) is 2.17. The minimum Gasteiger partial charge on any atom is -0.489 e. The van der Waals surface area contributed by atoms with Crippen molar-refractivity contribution < 1.29 is 4.74 Å². The number of fused-ring (bicyclic) bond motifs is 1. The minimum absolute atomic E-state index is 0.383. The summed E-state index contributed by atoms with van der Waals surface area (Å²) in [5, 5.41) is 1.96. The Morgan fingerprint density at radius 2 is 1.82 bits per heavy atom. The molecule has 0 spiro atoms. The van der Waals surface area contributed by atoms with E-state index in [1.165, 1.54) is 16.5 Å². The number of aryl methyl sites for hydroxylation is 1. The largest absolute Gasteiger partial charge is 0.489 e. The Balaban J connectivity index is 1.91. The Morgan fingerprint density at radius 3 is 2.50 bits per heavy atom. The van der Waals surface area contributed by atoms with E-state index in [9.17, 15) is 0 Å². The highest BCUT2D eigenvalue weighted by Gasteiger charge is 2.11. The van der Waals surface area contributed by atoms with Gasteiger partial charge >= 0.3 is 0 Å². The van der Waals surface area contributed by atoms with Crippen LogP contribution in [0.2, 0.25) is 5.02 Å². The first-order chi connectivity index (χ1) is 10.5. The molecule has 1 heterocycles. The molecule has 0 N–H and O–H groups in total.